The molecule has 0 fully saturated rings. The predicted molar refractivity (Wildman–Crippen MR) is 129 cm³/mol. The number of anilines is 2. The molecule has 10 nitrogen and oxygen atoms in total. The minimum atomic E-state index is -1.37. The fourth-order valence-electron chi connectivity index (χ4n) is 3.98. The van der Waals surface area contributed by atoms with Gasteiger partial charge in [-0.1, -0.05) is 30.3 Å². The van der Waals surface area contributed by atoms with Crippen molar-refractivity contribution in [2.75, 3.05) is 38.1 Å². The van der Waals surface area contributed by atoms with Gasteiger partial charge in [-0.05, 0) is 30.7 Å². The fraction of sp³-hybridized carbons (Fsp3) is 0.269. The molecule has 0 aliphatic carbocycles. The van der Waals surface area contributed by atoms with Gasteiger partial charge in [0.2, 0.25) is 5.91 Å². The molecule has 1 aliphatic rings. The first-order valence-corrected chi connectivity index (χ1v) is 11.0. The lowest BCUT2D eigenvalue weighted by Gasteiger charge is -2.26. The summed E-state index contributed by atoms with van der Waals surface area (Å²) >= 11 is 0. The number of carbonyl (C=O) groups excluding carboxylic acids is 5. The maximum absolute atomic E-state index is 13.4. The van der Waals surface area contributed by atoms with E-state index in [9.17, 15) is 24.0 Å². The number of methoxy groups -OCH3 is 3. The molecule has 1 heterocycles. The molecule has 2 amide bonds. The number of hydrogen-bond donors (Lipinski definition) is 1. The van der Waals surface area contributed by atoms with E-state index in [0.29, 0.717) is 5.69 Å². The first-order chi connectivity index (χ1) is 17.2. The summed E-state index contributed by atoms with van der Waals surface area (Å²) in [6.45, 7) is 1.47. The van der Waals surface area contributed by atoms with Gasteiger partial charge in [0.15, 0.2) is 0 Å². The maximum Gasteiger partial charge on any atom is 0.335 e. The van der Waals surface area contributed by atoms with E-state index in [1.807, 2.05) is 19.1 Å². The second-order valence-electron chi connectivity index (χ2n) is 7.92. The van der Waals surface area contributed by atoms with Gasteiger partial charge in [0.05, 0.1) is 50.1 Å². The molecule has 36 heavy (non-hydrogen) atoms. The molecule has 0 spiro atoms. The largest absolute Gasteiger partial charge is 0.468 e. The van der Waals surface area contributed by atoms with Crippen LogP contribution in [0.15, 0.2) is 59.7 Å². The predicted octanol–water partition coefficient (Wildman–Crippen LogP) is 2.42. The number of carbonyl (C=O) groups is 5. The summed E-state index contributed by atoms with van der Waals surface area (Å²) in [7, 11) is 3.31. The Morgan fingerprint density at radius 2 is 1.53 bits per heavy atom. The van der Waals surface area contributed by atoms with Crippen molar-refractivity contribution in [1.82, 2.24) is 0 Å². The molecular formula is C26H26N2O8. The van der Waals surface area contributed by atoms with Crippen molar-refractivity contribution in [3.05, 3.63) is 70.8 Å². The van der Waals surface area contributed by atoms with Crippen molar-refractivity contribution in [1.29, 1.82) is 0 Å². The Morgan fingerprint density at radius 3 is 2.17 bits per heavy atom. The van der Waals surface area contributed by atoms with Crippen LogP contribution in [0, 0.1) is 12.8 Å². The van der Waals surface area contributed by atoms with E-state index in [-0.39, 0.29) is 28.9 Å². The van der Waals surface area contributed by atoms with Gasteiger partial charge in [0.25, 0.3) is 5.91 Å². The van der Waals surface area contributed by atoms with Gasteiger partial charge in [0, 0.05) is 12.2 Å². The van der Waals surface area contributed by atoms with Crippen molar-refractivity contribution in [2.24, 2.45) is 5.92 Å². The first-order valence-electron chi connectivity index (χ1n) is 11.0. The number of aryl methyl sites for hydroxylation is 1. The average molecular weight is 495 g/mol. The number of hydrogen-bond acceptors (Lipinski definition) is 8. The van der Waals surface area contributed by atoms with E-state index in [0.717, 1.165) is 26.9 Å². The molecule has 1 aliphatic heterocycles. The van der Waals surface area contributed by atoms with Crippen LogP contribution in [0.5, 0.6) is 0 Å². The highest BCUT2D eigenvalue weighted by molar-refractivity contribution is 6.14. The lowest BCUT2D eigenvalue weighted by atomic mass is 9.93. The van der Waals surface area contributed by atoms with Crippen LogP contribution in [-0.2, 0) is 33.4 Å². The Morgan fingerprint density at radius 1 is 0.889 bits per heavy atom. The SMILES string of the molecule is COC(=O)C1=C(C(=O)OC)C(C(=O)OC)CN(c2ccccc2C(=O)Nc2ccccc2C)C(=O)C1. The minimum Gasteiger partial charge on any atom is -0.468 e. The van der Waals surface area contributed by atoms with Crippen molar-refractivity contribution < 1.29 is 38.2 Å². The standard InChI is InChI=1S/C26H26N2O8/c1-15-9-5-7-11-19(15)27-23(30)16-10-6-8-12-20(16)28-14-18(25(32)35-3)22(26(33)36-4)17(13-21(28)29)24(31)34-2/h5-12,18H,13-14H2,1-4H3,(H,27,30). The van der Waals surface area contributed by atoms with Crippen molar-refractivity contribution >= 4 is 41.1 Å². The average Bonchev–Trinajstić information content (AvgIpc) is 3.05. The zero-order valence-electron chi connectivity index (χ0n) is 20.3. The summed E-state index contributed by atoms with van der Waals surface area (Å²) in [5, 5.41) is 2.83. The highest BCUT2D eigenvalue weighted by atomic mass is 16.5. The zero-order valence-corrected chi connectivity index (χ0v) is 20.3. The van der Waals surface area contributed by atoms with E-state index in [1.54, 1.807) is 30.3 Å². The van der Waals surface area contributed by atoms with Gasteiger partial charge in [-0.2, -0.15) is 0 Å². The van der Waals surface area contributed by atoms with Gasteiger partial charge in [-0.15, -0.1) is 0 Å². The summed E-state index contributed by atoms with van der Waals surface area (Å²) in [6.07, 6.45) is -0.557. The minimum absolute atomic E-state index is 0.152. The van der Waals surface area contributed by atoms with Crippen LogP contribution in [0.3, 0.4) is 0 Å². The van der Waals surface area contributed by atoms with E-state index < -0.39 is 42.1 Å². The molecule has 1 unspecified atom stereocenters. The topological polar surface area (TPSA) is 128 Å². The Bertz CT molecular complexity index is 1250. The second-order valence-corrected chi connectivity index (χ2v) is 7.92. The molecule has 2 aromatic rings. The quantitative estimate of drug-likeness (QED) is 0.479. The lowest BCUT2D eigenvalue weighted by Crippen LogP contribution is -2.39. The van der Waals surface area contributed by atoms with E-state index in [4.69, 9.17) is 14.2 Å². The third-order valence-corrected chi connectivity index (χ3v) is 5.82. The molecule has 0 aromatic heterocycles. The second kappa shape index (κ2) is 11.3. The molecule has 1 atom stereocenters. The highest BCUT2D eigenvalue weighted by Crippen LogP contribution is 2.32. The van der Waals surface area contributed by atoms with E-state index in [2.05, 4.69) is 5.32 Å². The Hall–Kier alpha value is -4.47. The van der Waals surface area contributed by atoms with Gasteiger partial charge >= 0.3 is 17.9 Å². The monoisotopic (exact) mass is 494 g/mol. The summed E-state index contributed by atoms with van der Waals surface area (Å²) < 4.78 is 14.4. The fourth-order valence-corrected chi connectivity index (χ4v) is 3.98. The van der Waals surface area contributed by atoms with Crippen molar-refractivity contribution in [3.63, 3.8) is 0 Å². The van der Waals surface area contributed by atoms with E-state index in [1.165, 1.54) is 11.0 Å². The number of amides is 2. The highest BCUT2D eigenvalue weighted by Gasteiger charge is 2.41. The van der Waals surface area contributed by atoms with Crippen LogP contribution in [0.1, 0.15) is 22.3 Å². The van der Waals surface area contributed by atoms with Crippen LogP contribution in [0.4, 0.5) is 11.4 Å². The number of ether oxygens (including phenoxy) is 3. The number of nitrogens with zero attached hydrogens (tertiary/aromatic N) is 1. The lowest BCUT2D eigenvalue weighted by molar-refractivity contribution is -0.147. The third-order valence-electron chi connectivity index (χ3n) is 5.82. The van der Waals surface area contributed by atoms with Gasteiger partial charge in [0.1, 0.15) is 5.92 Å². The number of para-hydroxylation sites is 2. The maximum atomic E-state index is 13.4. The van der Waals surface area contributed by atoms with Crippen molar-refractivity contribution in [2.45, 2.75) is 13.3 Å². The van der Waals surface area contributed by atoms with Gasteiger partial charge in [-0.3, -0.25) is 14.4 Å². The normalized spacial score (nSPS) is 15.6. The third kappa shape index (κ3) is 5.27. The Labute approximate surface area is 207 Å². The van der Waals surface area contributed by atoms with Crippen LogP contribution in [0.25, 0.3) is 0 Å². The van der Waals surface area contributed by atoms with Crippen LogP contribution in [-0.4, -0.2) is 57.6 Å². The summed E-state index contributed by atoms with van der Waals surface area (Å²) in [5.41, 5.74) is 1.14. The van der Waals surface area contributed by atoms with E-state index >= 15 is 0 Å². The smallest absolute Gasteiger partial charge is 0.335 e. The molecular weight excluding hydrogens is 468 g/mol. The number of esters is 3. The molecule has 0 radical (unpaired) electrons. The summed E-state index contributed by atoms with van der Waals surface area (Å²) in [5.74, 6) is -5.26. The molecule has 0 saturated heterocycles. The van der Waals surface area contributed by atoms with Crippen LogP contribution in [0.2, 0.25) is 0 Å². The summed E-state index contributed by atoms with van der Waals surface area (Å²) in [6, 6.07) is 13.5. The number of benzene rings is 2. The van der Waals surface area contributed by atoms with Crippen LogP contribution < -0.4 is 10.2 Å². The molecule has 0 bridgehead atoms. The Kier molecular flexibility index (Phi) is 8.21. The molecule has 0 saturated carbocycles. The molecule has 3 rings (SSSR count). The van der Waals surface area contributed by atoms with Crippen molar-refractivity contribution in [3.8, 4) is 0 Å². The van der Waals surface area contributed by atoms with Crippen LogP contribution >= 0.6 is 0 Å². The number of rotatable bonds is 6. The summed E-state index contributed by atoms with van der Waals surface area (Å²) in [4.78, 5) is 65.8. The zero-order chi connectivity index (χ0) is 26.4. The first kappa shape index (κ1) is 26.1. The Balaban J connectivity index is 2.09. The van der Waals surface area contributed by atoms with Gasteiger partial charge in [-0.25, -0.2) is 9.59 Å². The van der Waals surface area contributed by atoms with Gasteiger partial charge < -0.3 is 24.4 Å². The number of nitrogens with one attached hydrogen (secondary N) is 1. The molecule has 2 aromatic carbocycles. The molecule has 10 heteroatoms. The molecule has 188 valence electrons. The molecule has 1 N–H and O–H groups in total.